The van der Waals surface area contributed by atoms with Crippen LogP contribution in [0, 0.1) is 13.8 Å². The van der Waals surface area contributed by atoms with Gasteiger partial charge in [0.15, 0.2) is 5.78 Å². The summed E-state index contributed by atoms with van der Waals surface area (Å²) < 4.78 is 0. The van der Waals surface area contributed by atoms with E-state index in [0.29, 0.717) is 6.42 Å². The Hall–Kier alpha value is -2.23. The van der Waals surface area contributed by atoms with Crippen molar-refractivity contribution in [3.05, 3.63) is 52.3 Å². The van der Waals surface area contributed by atoms with Crippen LogP contribution >= 0.6 is 0 Å². The Kier molecular flexibility index (Phi) is 3.83. The second-order valence-electron chi connectivity index (χ2n) is 7.01. The van der Waals surface area contributed by atoms with Crippen molar-refractivity contribution in [2.24, 2.45) is 0 Å². The first-order chi connectivity index (χ1) is 11.6. The van der Waals surface area contributed by atoms with Crippen LogP contribution in [0.5, 0.6) is 0 Å². The number of ketones is 1. The van der Waals surface area contributed by atoms with E-state index in [1.165, 1.54) is 24.0 Å². The molecule has 0 N–H and O–H groups in total. The van der Waals surface area contributed by atoms with Crippen LogP contribution in [0.25, 0.3) is 0 Å². The number of aromatic nitrogens is 2. The maximum atomic E-state index is 12.7. The summed E-state index contributed by atoms with van der Waals surface area (Å²) in [6.07, 6.45) is 3.79. The fraction of sp³-hybridized carbons (Fsp3) is 0.450. The van der Waals surface area contributed by atoms with Crippen LogP contribution in [0.15, 0.2) is 24.3 Å². The molecule has 0 bridgehead atoms. The number of Topliss-reactive ketones (excluding diaryl/α,β-unsaturated/α-hetero) is 1. The van der Waals surface area contributed by atoms with Crippen molar-refractivity contribution in [1.29, 1.82) is 0 Å². The molecule has 0 radical (unpaired) electrons. The standard InChI is InChI=1S/C20H23N3O/c1-13-7-3-4-8-16(13)15-11-17-19(18(24)12-15)14(2)21-20(22-17)23-9-5-6-10-23/h3-4,7-8,15H,5-6,9-12H2,1-2H3/t15-/m1/s1. The maximum absolute atomic E-state index is 12.7. The highest BCUT2D eigenvalue weighted by atomic mass is 16.1. The van der Waals surface area contributed by atoms with Gasteiger partial charge in [-0.05, 0) is 50.2 Å². The average molecular weight is 321 g/mol. The normalized spacial score (nSPS) is 20.3. The molecule has 0 amide bonds. The average Bonchev–Trinajstić information content (AvgIpc) is 3.09. The molecule has 1 aromatic carbocycles. The van der Waals surface area contributed by atoms with Crippen LogP contribution in [0.2, 0.25) is 0 Å². The van der Waals surface area contributed by atoms with Gasteiger partial charge < -0.3 is 4.90 Å². The minimum Gasteiger partial charge on any atom is -0.341 e. The smallest absolute Gasteiger partial charge is 0.225 e. The predicted molar refractivity (Wildman–Crippen MR) is 94.8 cm³/mol. The van der Waals surface area contributed by atoms with Crippen molar-refractivity contribution in [2.45, 2.75) is 45.4 Å². The van der Waals surface area contributed by atoms with Gasteiger partial charge in [-0.25, -0.2) is 9.97 Å². The first-order valence-electron chi connectivity index (χ1n) is 8.84. The summed E-state index contributed by atoms with van der Waals surface area (Å²) in [5, 5.41) is 0. The lowest BCUT2D eigenvalue weighted by Gasteiger charge is -2.27. The SMILES string of the molecule is Cc1ccccc1[C@H]1CC(=O)c2c(C)nc(N3CCCC3)nc2C1. The van der Waals surface area contributed by atoms with Crippen molar-refractivity contribution in [3.8, 4) is 0 Å². The molecular formula is C20H23N3O. The molecule has 1 aliphatic carbocycles. The quantitative estimate of drug-likeness (QED) is 0.848. The summed E-state index contributed by atoms with van der Waals surface area (Å²) in [5.41, 5.74) is 5.08. The van der Waals surface area contributed by atoms with E-state index in [4.69, 9.17) is 4.98 Å². The number of benzene rings is 1. The molecule has 1 aliphatic heterocycles. The van der Waals surface area contributed by atoms with Crippen LogP contribution in [0.4, 0.5) is 5.95 Å². The lowest BCUT2D eigenvalue weighted by Crippen LogP contribution is -2.26. The summed E-state index contributed by atoms with van der Waals surface area (Å²) in [6, 6.07) is 8.38. The van der Waals surface area contributed by atoms with Gasteiger partial charge in [0.1, 0.15) is 0 Å². The summed E-state index contributed by atoms with van der Waals surface area (Å²) >= 11 is 0. The zero-order valence-corrected chi connectivity index (χ0v) is 14.4. The van der Waals surface area contributed by atoms with Crippen molar-refractivity contribution in [2.75, 3.05) is 18.0 Å². The van der Waals surface area contributed by atoms with Crippen LogP contribution in [0.3, 0.4) is 0 Å². The minimum atomic E-state index is 0.190. The second-order valence-corrected chi connectivity index (χ2v) is 7.01. The van der Waals surface area contributed by atoms with E-state index in [2.05, 4.69) is 41.1 Å². The molecule has 1 atom stereocenters. The highest BCUT2D eigenvalue weighted by molar-refractivity contribution is 5.99. The molecule has 124 valence electrons. The predicted octanol–water partition coefficient (Wildman–Crippen LogP) is 3.61. The second kappa shape index (κ2) is 6.00. The molecule has 24 heavy (non-hydrogen) atoms. The Balaban J connectivity index is 1.73. The highest BCUT2D eigenvalue weighted by Gasteiger charge is 2.31. The largest absolute Gasteiger partial charge is 0.341 e. The third-order valence-electron chi connectivity index (χ3n) is 5.32. The van der Waals surface area contributed by atoms with E-state index < -0.39 is 0 Å². The van der Waals surface area contributed by atoms with Gasteiger partial charge >= 0.3 is 0 Å². The topological polar surface area (TPSA) is 46.1 Å². The molecule has 0 spiro atoms. The maximum Gasteiger partial charge on any atom is 0.225 e. The zero-order chi connectivity index (χ0) is 16.7. The van der Waals surface area contributed by atoms with E-state index in [1.54, 1.807) is 0 Å². The monoisotopic (exact) mass is 321 g/mol. The van der Waals surface area contributed by atoms with Gasteiger partial charge in [-0.15, -0.1) is 0 Å². The van der Waals surface area contributed by atoms with Gasteiger partial charge in [-0.1, -0.05) is 24.3 Å². The van der Waals surface area contributed by atoms with E-state index in [1.807, 2.05) is 6.92 Å². The summed E-state index contributed by atoms with van der Waals surface area (Å²) in [6.45, 7) is 6.11. The molecule has 1 aromatic heterocycles. The Morgan fingerprint density at radius 2 is 1.79 bits per heavy atom. The first kappa shape index (κ1) is 15.3. The Bertz CT molecular complexity index is 793. The number of hydrogen-bond donors (Lipinski definition) is 0. The molecule has 0 saturated carbocycles. The number of carbonyl (C=O) groups excluding carboxylic acids is 1. The van der Waals surface area contributed by atoms with Crippen molar-refractivity contribution < 1.29 is 4.79 Å². The Morgan fingerprint density at radius 1 is 1.04 bits per heavy atom. The molecular weight excluding hydrogens is 298 g/mol. The van der Waals surface area contributed by atoms with Crippen molar-refractivity contribution in [1.82, 2.24) is 9.97 Å². The van der Waals surface area contributed by atoms with Crippen LogP contribution in [-0.2, 0) is 6.42 Å². The van der Waals surface area contributed by atoms with E-state index in [9.17, 15) is 4.79 Å². The molecule has 2 heterocycles. The third kappa shape index (κ3) is 2.60. The molecule has 2 aromatic rings. The van der Waals surface area contributed by atoms with Crippen molar-refractivity contribution >= 4 is 11.7 Å². The lowest BCUT2D eigenvalue weighted by atomic mass is 9.80. The molecule has 4 nitrogen and oxygen atoms in total. The molecule has 2 aliphatic rings. The van der Waals surface area contributed by atoms with Crippen molar-refractivity contribution in [3.63, 3.8) is 0 Å². The molecule has 1 fully saturated rings. The van der Waals surface area contributed by atoms with Gasteiger partial charge in [0.05, 0.1) is 17.0 Å². The van der Waals surface area contributed by atoms with Gasteiger partial charge in [-0.2, -0.15) is 0 Å². The van der Waals surface area contributed by atoms with Gasteiger partial charge in [0.25, 0.3) is 0 Å². The molecule has 4 rings (SSSR count). The number of fused-ring (bicyclic) bond motifs is 1. The fourth-order valence-electron chi connectivity index (χ4n) is 4.08. The van der Waals surface area contributed by atoms with E-state index in [-0.39, 0.29) is 11.7 Å². The summed E-state index contributed by atoms with van der Waals surface area (Å²) in [4.78, 5) is 24.4. The highest BCUT2D eigenvalue weighted by Crippen LogP contribution is 2.35. The number of aryl methyl sites for hydroxylation is 2. The van der Waals surface area contributed by atoms with Gasteiger partial charge in [0.2, 0.25) is 5.95 Å². The van der Waals surface area contributed by atoms with E-state index in [0.717, 1.165) is 42.4 Å². The fourth-order valence-corrected chi connectivity index (χ4v) is 4.08. The van der Waals surface area contributed by atoms with Gasteiger partial charge in [-0.3, -0.25) is 4.79 Å². The Morgan fingerprint density at radius 3 is 2.54 bits per heavy atom. The van der Waals surface area contributed by atoms with E-state index >= 15 is 0 Å². The number of carbonyl (C=O) groups is 1. The Labute approximate surface area is 142 Å². The summed E-state index contributed by atoms with van der Waals surface area (Å²) in [7, 11) is 0. The first-order valence-corrected chi connectivity index (χ1v) is 8.84. The molecule has 4 heteroatoms. The number of hydrogen-bond acceptors (Lipinski definition) is 4. The number of anilines is 1. The van der Waals surface area contributed by atoms with Crippen LogP contribution in [-0.4, -0.2) is 28.8 Å². The van der Waals surface area contributed by atoms with Gasteiger partial charge in [0, 0.05) is 19.5 Å². The molecule has 0 unspecified atom stereocenters. The lowest BCUT2D eigenvalue weighted by molar-refractivity contribution is 0.0962. The number of rotatable bonds is 2. The van der Waals surface area contributed by atoms with Crippen LogP contribution in [0.1, 0.15) is 58.1 Å². The zero-order valence-electron chi connectivity index (χ0n) is 14.4. The summed E-state index contributed by atoms with van der Waals surface area (Å²) in [5.74, 6) is 1.23. The van der Waals surface area contributed by atoms with Crippen LogP contribution < -0.4 is 4.90 Å². The number of nitrogens with zero attached hydrogens (tertiary/aromatic N) is 3. The minimum absolute atomic E-state index is 0.190. The molecule has 1 saturated heterocycles. The third-order valence-corrected chi connectivity index (χ3v) is 5.32.